The highest BCUT2D eigenvalue weighted by atomic mass is 16.6. The summed E-state index contributed by atoms with van der Waals surface area (Å²) >= 11 is 0. The summed E-state index contributed by atoms with van der Waals surface area (Å²) in [7, 11) is 0. The molecule has 0 heterocycles. The second-order valence-electron chi connectivity index (χ2n) is 4.68. The first kappa shape index (κ1) is 14.8. The van der Waals surface area contributed by atoms with Crippen molar-refractivity contribution in [3.05, 3.63) is 12.7 Å². The molecule has 4 nitrogen and oxygen atoms in total. The second kappa shape index (κ2) is 6.43. The SMILES string of the molecule is C=CC[C@@H](O)CC(=O)CC(=O)OC(C)(C)C. The van der Waals surface area contributed by atoms with Crippen LogP contribution in [0.3, 0.4) is 0 Å². The van der Waals surface area contributed by atoms with Gasteiger partial charge in [0.15, 0.2) is 0 Å². The molecule has 0 amide bonds. The minimum absolute atomic E-state index is 0.0364. The fraction of sp³-hybridized carbons (Fsp3) is 0.667. The summed E-state index contributed by atoms with van der Waals surface area (Å²) in [6.45, 7) is 8.67. The van der Waals surface area contributed by atoms with Crippen molar-refractivity contribution in [3.8, 4) is 0 Å². The van der Waals surface area contributed by atoms with E-state index in [9.17, 15) is 14.7 Å². The third-order valence-electron chi connectivity index (χ3n) is 1.66. The summed E-state index contributed by atoms with van der Waals surface area (Å²) in [5.41, 5.74) is -0.586. The molecule has 0 fully saturated rings. The molecular weight excluding hydrogens is 208 g/mol. The first-order valence-electron chi connectivity index (χ1n) is 5.27. The number of hydrogen-bond acceptors (Lipinski definition) is 4. The van der Waals surface area contributed by atoms with Crippen LogP contribution >= 0.6 is 0 Å². The number of ketones is 1. The van der Waals surface area contributed by atoms with E-state index < -0.39 is 17.7 Å². The zero-order chi connectivity index (χ0) is 12.8. The van der Waals surface area contributed by atoms with Gasteiger partial charge in [0.25, 0.3) is 0 Å². The maximum Gasteiger partial charge on any atom is 0.313 e. The Labute approximate surface area is 96.3 Å². The Morgan fingerprint density at radius 2 is 2.00 bits per heavy atom. The number of Topliss-reactive ketones (excluding diaryl/α,β-unsaturated/α-hetero) is 1. The zero-order valence-corrected chi connectivity index (χ0v) is 10.2. The third-order valence-corrected chi connectivity index (χ3v) is 1.66. The van der Waals surface area contributed by atoms with E-state index in [0.717, 1.165) is 0 Å². The van der Waals surface area contributed by atoms with E-state index in [1.807, 2.05) is 0 Å². The first-order chi connectivity index (χ1) is 7.24. The van der Waals surface area contributed by atoms with Crippen molar-refractivity contribution < 1.29 is 19.4 Å². The van der Waals surface area contributed by atoms with Crippen molar-refractivity contribution in [3.63, 3.8) is 0 Å². The Hall–Kier alpha value is -1.16. The Bertz CT molecular complexity index is 263. The van der Waals surface area contributed by atoms with Gasteiger partial charge in [-0.2, -0.15) is 0 Å². The van der Waals surface area contributed by atoms with E-state index in [0.29, 0.717) is 6.42 Å². The molecule has 0 aromatic heterocycles. The summed E-state index contributed by atoms with van der Waals surface area (Å²) in [6.07, 6.45) is 0.801. The largest absolute Gasteiger partial charge is 0.460 e. The van der Waals surface area contributed by atoms with E-state index in [1.54, 1.807) is 20.8 Å². The van der Waals surface area contributed by atoms with Crippen LogP contribution < -0.4 is 0 Å². The summed E-state index contributed by atoms with van der Waals surface area (Å²) in [6, 6.07) is 0. The standard InChI is InChI=1S/C12H20O4/c1-5-6-9(13)7-10(14)8-11(15)16-12(2,3)4/h5,9,13H,1,6-8H2,2-4H3/t9-/m1/s1. The van der Waals surface area contributed by atoms with Crippen molar-refractivity contribution in [2.75, 3.05) is 0 Å². The van der Waals surface area contributed by atoms with Gasteiger partial charge in [-0.15, -0.1) is 6.58 Å². The number of hydrogen-bond donors (Lipinski definition) is 1. The predicted octanol–water partition coefficient (Wildman–Crippen LogP) is 1.61. The van der Waals surface area contributed by atoms with Crippen LogP contribution in [0.15, 0.2) is 12.7 Å². The molecule has 0 unspecified atom stereocenters. The topological polar surface area (TPSA) is 63.6 Å². The predicted molar refractivity (Wildman–Crippen MR) is 60.9 cm³/mol. The van der Waals surface area contributed by atoms with Gasteiger partial charge in [-0.1, -0.05) is 6.08 Å². The molecule has 0 bridgehead atoms. The fourth-order valence-electron chi connectivity index (χ4n) is 1.15. The van der Waals surface area contributed by atoms with Gasteiger partial charge in [-0.05, 0) is 27.2 Å². The first-order valence-corrected chi connectivity index (χ1v) is 5.27. The van der Waals surface area contributed by atoms with Gasteiger partial charge in [-0.25, -0.2) is 0 Å². The van der Waals surface area contributed by atoms with Crippen LogP contribution in [0.25, 0.3) is 0 Å². The lowest BCUT2D eigenvalue weighted by Crippen LogP contribution is -2.26. The number of ether oxygens (including phenoxy) is 1. The molecule has 1 atom stereocenters. The lowest BCUT2D eigenvalue weighted by molar-refractivity contribution is -0.156. The van der Waals surface area contributed by atoms with Crippen LogP contribution in [0.1, 0.15) is 40.0 Å². The van der Waals surface area contributed by atoms with Crippen LogP contribution in [-0.2, 0) is 14.3 Å². The Morgan fingerprint density at radius 1 is 1.44 bits per heavy atom. The van der Waals surface area contributed by atoms with Crippen LogP contribution in [0, 0.1) is 0 Å². The molecule has 0 aliphatic heterocycles. The van der Waals surface area contributed by atoms with Crippen LogP contribution in [0.5, 0.6) is 0 Å². The van der Waals surface area contributed by atoms with Crippen molar-refractivity contribution in [2.24, 2.45) is 0 Å². The van der Waals surface area contributed by atoms with Gasteiger partial charge in [0.1, 0.15) is 17.8 Å². The van der Waals surface area contributed by atoms with Gasteiger partial charge in [0.05, 0.1) is 6.10 Å². The smallest absolute Gasteiger partial charge is 0.313 e. The molecular formula is C12H20O4. The summed E-state index contributed by atoms with van der Waals surface area (Å²) in [4.78, 5) is 22.6. The molecule has 92 valence electrons. The van der Waals surface area contributed by atoms with Crippen molar-refractivity contribution >= 4 is 11.8 Å². The quantitative estimate of drug-likeness (QED) is 0.426. The summed E-state index contributed by atoms with van der Waals surface area (Å²) < 4.78 is 4.99. The average Bonchev–Trinajstić information content (AvgIpc) is 1.98. The van der Waals surface area contributed by atoms with E-state index in [2.05, 4.69) is 6.58 Å². The minimum atomic E-state index is -0.757. The normalized spacial score (nSPS) is 13.0. The lowest BCUT2D eigenvalue weighted by atomic mass is 10.1. The molecule has 0 aromatic carbocycles. The minimum Gasteiger partial charge on any atom is -0.460 e. The molecule has 4 heteroatoms. The number of aliphatic hydroxyl groups excluding tert-OH is 1. The number of carbonyl (C=O) groups is 2. The maximum absolute atomic E-state index is 11.3. The molecule has 0 saturated heterocycles. The second-order valence-corrected chi connectivity index (χ2v) is 4.68. The van der Waals surface area contributed by atoms with Crippen molar-refractivity contribution in [2.45, 2.75) is 51.7 Å². The highest BCUT2D eigenvalue weighted by Gasteiger charge is 2.20. The molecule has 0 aliphatic rings. The average molecular weight is 228 g/mol. The number of esters is 1. The van der Waals surface area contributed by atoms with Gasteiger partial charge in [0, 0.05) is 6.42 Å². The highest BCUT2D eigenvalue weighted by molar-refractivity contribution is 5.95. The van der Waals surface area contributed by atoms with E-state index in [-0.39, 0.29) is 18.6 Å². The Balaban J connectivity index is 3.96. The molecule has 0 aromatic rings. The van der Waals surface area contributed by atoms with Gasteiger partial charge < -0.3 is 9.84 Å². The molecule has 0 radical (unpaired) electrons. The summed E-state index contributed by atoms with van der Waals surface area (Å²) in [5.74, 6) is -0.869. The molecule has 0 saturated carbocycles. The molecule has 1 N–H and O–H groups in total. The van der Waals surface area contributed by atoms with Crippen LogP contribution in [-0.4, -0.2) is 28.6 Å². The van der Waals surface area contributed by atoms with Crippen molar-refractivity contribution in [1.29, 1.82) is 0 Å². The summed E-state index contributed by atoms with van der Waals surface area (Å²) in [5, 5.41) is 9.32. The van der Waals surface area contributed by atoms with Gasteiger partial charge in [-0.3, -0.25) is 9.59 Å². The van der Waals surface area contributed by atoms with Crippen LogP contribution in [0.4, 0.5) is 0 Å². The Morgan fingerprint density at radius 3 is 2.44 bits per heavy atom. The molecule has 16 heavy (non-hydrogen) atoms. The number of rotatable bonds is 6. The van der Waals surface area contributed by atoms with E-state index >= 15 is 0 Å². The zero-order valence-electron chi connectivity index (χ0n) is 10.2. The van der Waals surface area contributed by atoms with Gasteiger partial charge in [0.2, 0.25) is 0 Å². The molecule has 0 rings (SSSR count). The monoisotopic (exact) mass is 228 g/mol. The van der Waals surface area contributed by atoms with Crippen molar-refractivity contribution in [1.82, 2.24) is 0 Å². The fourth-order valence-corrected chi connectivity index (χ4v) is 1.15. The highest BCUT2D eigenvalue weighted by Crippen LogP contribution is 2.09. The van der Waals surface area contributed by atoms with Crippen LogP contribution in [0.2, 0.25) is 0 Å². The lowest BCUT2D eigenvalue weighted by Gasteiger charge is -2.19. The maximum atomic E-state index is 11.3. The Kier molecular flexibility index (Phi) is 5.96. The third kappa shape index (κ3) is 8.17. The molecule has 0 aliphatic carbocycles. The van der Waals surface area contributed by atoms with E-state index in [1.165, 1.54) is 6.08 Å². The molecule has 0 spiro atoms. The van der Waals surface area contributed by atoms with Gasteiger partial charge >= 0.3 is 5.97 Å². The number of carbonyl (C=O) groups excluding carboxylic acids is 2. The van der Waals surface area contributed by atoms with E-state index in [4.69, 9.17) is 4.74 Å². The number of aliphatic hydroxyl groups is 1.